The Hall–Kier alpha value is -1.68. The van der Waals surface area contributed by atoms with Crippen LogP contribution in [0.2, 0.25) is 5.02 Å². The second-order valence-electron chi connectivity index (χ2n) is 3.54. The highest BCUT2D eigenvalue weighted by Crippen LogP contribution is 2.18. The van der Waals surface area contributed by atoms with Crippen molar-refractivity contribution in [1.29, 1.82) is 0 Å². The van der Waals surface area contributed by atoms with Crippen molar-refractivity contribution < 1.29 is 4.79 Å². The highest BCUT2D eigenvalue weighted by atomic mass is 35.5. The third-order valence-electron chi connectivity index (χ3n) is 2.26. The van der Waals surface area contributed by atoms with E-state index in [-0.39, 0.29) is 5.78 Å². The Bertz CT molecular complexity index is 548. The van der Waals surface area contributed by atoms with E-state index in [0.717, 1.165) is 11.3 Å². The van der Waals surface area contributed by atoms with Crippen molar-refractivity contribution in [2.45, 2.75) is 13.8 Å². The Labute approximate surface area is 97.8 Å². The molecule has 0 aliphatic rings. The average Bonchev–Trinajstić information content (AvgIpc) is 2.66. The molecule has 0 unspecified atom stereocenters. The van der Waals surface area contributed by atoms with Crippen LogP contribution in [0.4, 0.5) is 0 Å². The third-order valence-corrected chi connectivity index (χ3v) is 2.49. The number of benzene rings is 1. The zero-order valence-corrected chi connectivity index (χ0v) is 9.69. The van der Waals surface area contributed by atoms with E-state index in [2.05, 4.69) is 10.3 Å². The molecule has 0 bridgehead atoms. The van der Waals surface area contributed by atoms with Gasteiger partial charge in [-0.15, -0.1) is 5.10 Å². The zero-order valence-electron chi connectivity index (χ0n) is 8.94. The van der Waals surface area contributed by atoms with E-state index in [1.807, 2.05) is 19.1 Å². The van der Waals surface area contributed by atoms with E-state index in [1.165, 1.54) is 6.92 Å². The Morgan fingerprint density at radius 1 is 1.44 bits per heavy atom. The van der Waals surface area contributed by atoms with Crippen molar-refractivity contribution in [3.8, 4) is 5.69 Å². The molecule has 0 fully saturated rings. The second-order valence-corrected chi connectivity index (χ2v) is 3.97. The summed E-state index contributed by atoms with van der Waals surface area (Å²) < 4.78 is 1.57. The first-order valence-electron chi connectivity index (χ1n) is 4.78. The third kappa shape index (κ3) is 1.97. The Balaban J connectivity index is 2.46. The summed E-state index contributed by atoms with van der Waals surface area (Å²) in [5.74, 6) is -0.0992. The van der Waals surface area contributed by atoms with Crippen LogP contribution in [0.5, 0.6) is 0 Å². The van der Waals surface area contributed by atoms with Gasteiger partial charge < -0.3 is 0 Å². The lowest BCUT2D eigenvalue weighted by molar-refractivity contribution is 0.101. The molecule has 0 atom stereocenters. The van der Waals surface area contributed by atoms with Crippen molar-refractivity contribution in [3.63, 3.8) is 0 Å². The predicted octanol–water partition coefficient (Wildman–Crippen LogP) is 2.43. The van der Waals surface area contributed by atoms with Gasteiger partial charge in [0.05, 0.1) is 11.9 Å². The van der Waals surface area contributed by atoms with Crippen LogP contribution in [0.15, 0.2) is 24.4 Å². The van der Waals surface area contributed by atoms with Gasteiger partial charge in [-0.25, -0.2) is 4.68 Å². The van der Waals surface area contributed by atoms with Crippen molar-refractivity contribution >= 4 is 17.4 Å². The van der Waals surface area contributed by atoms with Crippen molar-refractivity contribution in [2.24, 2.45) is 0 Å². The summed E-state index contributed by atoms with van der Waals surface area (Å²) in [5, 5.41) is 8.36. The molecule has 0 amide bonds. The smallest absolute Gasteiger partial charge is 0.181 e. The van der Waals surface area contributed by atoms with Crippen LogP contribution in [-0.2, 0) is 0 Å². The van der Waals surface area contributed by atoms with Gasteiger partial charge >= 0.3 is 0 Å². The predicted molar refractivity (Wildman–Crippen MR) is 61.1 cm³/mol. The highest BCUT2D eigenvalue weighted by molar-refractivity contribution is 6.30. The number of carbonyl (C=O) groups excluding carboxylic acids is 1. The largest absolute Gasteiger partial charge is 0.293 e. The van der Waals surface area contributed by atoms with E-state index in [0.29, 0.717) is 10.7 Å². The maximum absolute atomic E-state index is 11.1. The molecule has 0 N–H and O–H groups in total. The molecule has 2 rings (SSSR count). The molecule has 0 radical (unpaired) electrons. The fraction of sp³-hybridized carbons (Fsp3) is 0.182. The molecule has 2 aromatic rings. The number of hydrogen-bond acceptors (Lipinski definition) is 3. The van der Waals surface area contributed by atoms with Gasteiger partial charge in [0.1, 0.15) is 5.69 Å². The van der Waals surface area contributed by atoms with Gasteiger partial charge in [-0.05, 0) is 30.7 Å². The highest BCUT2D eigenvalue weighted by Gasteiger charge is 2.08. The number of rotatable bonds is 2. The molecular formula is C11H10ClN3O. The Morgan fingerprint density at radius 3 is 2.75 bits per heavy atom. The minimum atomic E-state index is -0.0992. The van der Waals surface area contributed by atoms with Crippen LogP contribution in [0.25, 0.3) is 5.69 Å². The van der Waals surface area contributed by atoms with Crippen molar-refractivity contribution in [2.75, 3.05) is 0 Å². The van der Waals surface area contributed by atoms with Gasteiger partial charge in [0.2, 0.25) is 0 Å². The first-order valence-corrected chi connectivity index (χ1v) is 5.15. The summed E-state index contributed by atoms with van der Waals surface area (Å²) >= 11 is 5.86. The van der Waals surface area contributed by atoms with Gasteiger partial charge in [0.15, 0.2) is 5.78 Å². The quantitative estimate of drug-likeness (QED) is 0.751. The Kier molecular flexibility index (Phi) is 2.75. The first-order chi connectivity index (χ1) is 7.58. The van der Waals surface area contributed by atoms with Crippen LogP contribution < -0.4 is 0 Å². The minimum absolute atomic E-state index is 0.0992. The van der Waals surface area contributed by atoms with Gasteiger partial charge in [0.25, 0.3) is 0 Å². The monoisotopic (exact) mass is 235 g/mol. The number of halogens is 1. The topological polar surface area (TPSA) is 47.8 Å². The SMILES string of the molecule is CC(=O)c1cn(-c2ccc(Cl)cc2C)nn1. The molecule has 0 saturated heterocycles. The maximum atomic E-state index is 11.1. The lowest BCUT2D eigenvalue weighted by Crippen LogP contribution is -1.97. The van der Waals surface area contributed by atoms with Crippen molar-refractivity contribution in [3.05, 3.63) is 40.7 Å². The van der Waals surface area contributed by atoms with E-state index >= 15 is 0 Å². The van der Waals surface area contributed by atoms with E-state index in [9.17, 15) is 4.79 Å². The summed E-state index contributed by atoms with van der Waals surface area (Å²) in [5.41, 5.74) is 2.20. The molecule has 0 aliphatic carbocycles. The molecular weight excluding hydrogens is 226 g/mol. The number of ketones is 1. The van der Waals surface area contributed by atoms with E-state index in [4.69, 9.17) is 11.6 Å². The molecule has 1 aromatic heterocycles. The lowest BCUT2D eigenvalue weighted by atomic mass is 10.2. The fourth-order valence-corrected chi connectivity index (χ4v) is 1.65. The van der Waals surface area contributed by atoms with Gasteiger partial charge in [0, 0.05) is 11.9 Å². The molecule has 0 saturated carbocycles. The number of nitrogens with zero attached hydrogens (tertiary/aromatic N) is 3. The number of Topliss-reactive ketones (excluding diaryl/α,β-unsaturated/α-hetero) is 1. The lowest BCUT2D eigenvalue weighted by Gasteiger charge is -2.04. The summed E-state index contributed by atoms with van der Waals surface area (Å²) in [6.45, 7) is 3.39. The molecule has 0 aliphatic heterocycles. The van der Waals surface area contributed by atoms with Crippen LogP contribution in [0, 0.1) is 6.92 Å². The fourth-order valence-electron chi connectivity index (χ4n) is 1.42. The number of carbonyl (C=O) groups is 1. The van der Waals surface area contributed by atoms with E-state index < -0.39 is 0 Å². The number of aromatic nitrogens is 3. The standard InChI is InChI=1S/C11H10ClN3O/c1-7-5-9(12)3-4-11(7)15-6-10(8(2)16)13-14-15/h3-6H,1-2H3. The number of hydrogen-bond donors (Lipinski definition) is 0. The molecule has 0 spiro atoms. The average molecular weight is 236 g/mol. The van der Waals surface area contributed by atoms with Gasteiger partial charge in [-0.2, -0.15) is 0 Å². The summed E-state index contributed by atoms with van der Waals surface area (Å²) in [4.78, 5) is 11.1. The number of aryl methyl sites for hydroxylation is 1. The van der Waals surface area contributed by atoms with Crippen LogP contribution in [0.3, 0.4) is 0 Å². The molecule has 1 aromatic carbocycles. The normalized spacial score (nSPS) is 10.4. The van der Waals surface area contributed by atoms with Crippen LogP contribution >= 0.6 is 11.6 Å². The van der Waals surface area contributed by atoms with Crippen LogP contribution in [-0.4, -0.2) is 20.8 Å². The first kappa shape index (κ1) is 10.8. The summed E-state index contributed by atoms with van der Waals surface area (Å²) in [6, 6.07) is 5.46. The van der Waals surface area contributed by atoms with Gasteiger partial charge in [-0.3, -0.25) is 4.79 Å². The second kappa shape index (κ2) is 4.06. The molecule has 4 nitrogen and oxygen atoms in total. The molecule has 82 valence electrons. The summed E-state index contributed by atoms with van der Waals surface area (Å²) in [7, 11) is 0. The van der Waals surface area contributed by atoms with E-state index in [1.54, 1.807) is 16.9 Å². The summed E-state index contributed by atoms with van der Waals surface area (Å²) in [6.07, 6.45) is 1.61. The van der Waals surface area contributed by atoms with Crippen molar-refractivity contribution in [1.82, 2.24) is 15.0 Å². The van der Waals surface area contributed by atoms with Crippen LogP contribution in [0.1, 0.15) is 23.0 Å². The minimum Gasteiger partial charge on any atom is -0.293 e. The molecule has 16 heavy (non-hydrogen) atoms. The Morgan fingerprint density at radius 2 is 2.19 bits per heavy atom. The maximum Gasteiger partial charge on any atom is 0.181 e. The molecule has 1 heterocycles. The van der Waals surface area contributed by atoms with Gasteiger partial charge in [-0.1, -0.05) is 16.8 Å². The molecule has 5 heteroatoms. The zero-order chi connectivity index (χ0) is 11.7.